The third kappa shape index (κ3) is 5.86. The van der Waals surface area contributed by atoms with E-state index >= 15 is 0 Å². The molecule has 1 aliphatic rings. The maximum atomic E-state index is 12.6. The van der Waals surface area contributed by atoms with Crippen LogP contribution in [0.3, 0.4) is 0 Å². The van der Waals surface area contributed by atoms with Crippen LogP contribution in [0.1, 0.15) is 50.4 Å². The van der Waals surface area contributed by atoms with Gasteiger partial charge in [0.1, 0.15) is 0 Å². The number of anilines is 2. The van der Waals surface area contributed by atoms with Crippen LogP contribution in [0.4, 0.5) is 15.9 Å². The topological polar surface area (TPSA) is 130 Å². The van der Waals surface area contributed by atoms with Crippen molar-refractivity contribution in [3.05, 3.63) is 30.1 Å². The minimum atomic E-state index is -0.445. The van der Waals surface area contributed by atoms with Gasteiger partial charge in [0, 0.05) is 43.2 Å². The lowest BCUT2D eigenvalue weighted by Crippen LogP contribution is -2.45. The number of carbonyl (C=O) groups is 3. The van der Waals surface area contributed by atoms with Gasteiger partial charge in [-0.1, -0.05) is 18.3 Å². The monoisotopic (exact) mass is 553 g/mol. The Morgan fingerprint density at radius 2 is 1.87 bits per heavy atom. The van der Waals surface area contributed by atoms with E-state index < -0.39 is 5.41 Å². The van der Waals surface area contributed by atoms with E-state index in [9.17, 15) is 14.4 Å². The maximum Gasteiger partial charge on any atom is 0.324 e. The normalized spacial score (nSPS) is 14.7. The molecule has 0 bridgehead atoms. The average Bonchev–Trinajstić information content (AvgIpc) is 3.39. The van der Waals surface area contributed by atoms with E-state index in [1.165, 1.54) is 16.2 Å². The van der Waals surface area contributed by atoms with Gasteiger partial charge in [-0.25, -0.2) is 19.7 Å². The molecule has 39 heavy (non-hydrogen) atoms. The molecular weight excluding hydrogens is 518 g/mol. The summed E-state index contributed by atoms with van der Waals surface area (Å²) in [5.74, 6) is 0.486. The van der Waals surface area contributed by atoms with Crippen molar-refractivity contribution in [3.63, 3.8) is 0 Å². The number of thiazole rings is 1. The highest BCUT2D eigenvalue weighted by Crippen LogP contribution is 2.38. The highest BCUT2D eigenvalue weighted by molar-refractivity contribution is 7.22. The molecule has 11 nitrogen and oxygen atoms in total. The van der Waals surface area contributed by atoms with Crippen LogP contribution in [0.15, 0.2) is 24.5 Å². The van der Waals surface area contributed by atoms with E-state index in [1.54, 1.807) is 25.5 Å². The highest BCUT2D eigenvalue weighted by Gasteiger charge is 2.41. The van der Waals surface area contributed by atoms with Gasteiger partial charge in [-0.05, 0) is 57.9 Å². The molecule has 1 aliphatic heterocycles. The smallest absolute Gasteiger partial charge is 0.324 e. The van der Waals surface area contributed by atoms with Crippen molar-refractivity contribution in [1.82, 2.24) is 25.6 Å². The molecule has 2 amide bonds. The van der Waals surface area contributed by atoms with Crippen molar-refractivity contribution in [1.29, 1.82) is 0 Å². The molecule has 2 aromatic heterocycles. The maximum absolute atomic E-state index is 12.6. The molecule has 1 fully saturated rings. The summed E-state index contributed by atoms with van der Waals surface area (Å²) in [6.07, 6.45) is 6.41. The Balaban J connectivity index is 1.56. The predicted octanol–water partition coefficient (Wildman–Crippen LogP) is 3.84. The van der Waals surface area contributed by atoms with Gasteiger partial charge < -0.3 is 20.3 Å². The first-order valence-corrected chi connectivity index (χ1v) is 14.1. The second-order valence-electron chi connectivity index (χ2n) is 9.42. The van der Waals surface area contributed by atoms with Crippen molar-refractivity contribution in [3.8, 4) is 11.1 Å². The molecule has 0 saturated carbocycles. The number of aromatic nitrogens is 3. The van der Waals surface area contributed by atoms with Crippen LogP contribution >= 0.6 is 11.3 Å². The zero-order chi connectivity index (χ0) is 28.0. The number of esters is 1. The zero-order valence-electron chi connectivity index (χ0n) is 22.8. The number of urea groups is 1. The Kier molecular flexibility index (Phi) is 9.08. The molecule has 208 valence electrons. The van der Waals surface area contributed by atoms with E-state index in [0.29, 0.717) is 65.9 Å². The number of carbonyl (C=O) groups excluding carboxylic acids is 3. The van der Waals surface area contributed by atoms with Crippen molar-refractivity contribution in [2.45, 2.75) is 40.0 Å². The summed E-state index contributed by atoms with van der Waals surface area (Å²) in [4.78, 5) is 54.5. The Morgan fingerprint density at radius 1 is 1.15 bits per heavy atom. The fourth-order valence-corrected chi connectivity index (χ4v) is 5.82. The lowest BCUT2D eigenvalue weighted by atomic mass is 9.76. The first-order valence-electron chi connectivity index (χ1n) is 13.2. The molecule has 0 atom stereocenters. The fraction of sp³-hybridized carbons (Fsp3) is 0.481. The SMILES string of the molecule is CCNC(=O)N(CNC)c1nc2cc(-c3cnc(N4CCC(CC)(C(=O)OCC)CC4)nc3)cc(C=O)c2s1. The van der Waals surface area contributed by atoms with Gasteiger partial charge >= 0.3 is 12.0 Å². The largest absolute Gasteiger partial charge is 0.466 e. The van der Waals surface area contributed by atoms with Gasteiger partial charge in [-0.3, -0.25) is 14.5 Å². The zero-order valence-corrected chi connectivity index (χ0v) is 23.6. The van der Waals surface area contributed by atoms with Gasteiger partial charge in [-0.15, -0.1) is 0 Å². The summed E-state index contributed by atoms with van der Waals surface area (Å²) in [6.45, 7) is 8.21. The molecule has 4 rings (SSSR count). The number of hydrogen-bond acceptors (Lipinski definition) is 10. The third-order valence-corrected chi connectivity index (χ3v) is 8.26. The van der Waals surface area contributed by atoms with Gasteiger partial charge in [0.15, 0.2) is 11.4 Å². The number of nitrogens with one attached hydrogen (secondary N) is 2. The van der Waals surface area contributed by atoms with Gasteiger partial charge in [0.2, 0.25) is 5.95 Å². The summed E-state index contributed by atoms with van der Waals surface area (Å²) >= 11 is 1.29. The van der Waals surface area contributed by atoms with Crippen molar-refractivity contribution in [2.24, 2.45) is 5.41 Å². The minimum absolute atomic E-state index is 0.116. The van der Waals surface area contributed by atoms with E-state index in [4.69, 9.17) is 4.74 Å². The van der Waals surface area contributed by atoms with E-state index in [1.807, 2.05) is 26.8 Å². The molecule has 0 unspecified atom stereocenters. The predicted molar refractivity (Wildman–Crippen MR) is 152 cm³/mol. The molecule has 1 saturated heterocycles. The van der Waals surface area contributed by atoms with Crippen LogP contribution in [-0.4, -0.2) is 73.2 Å². The Morgan fingerprint density at radius 3 is 2.46 bits per heavy atom. The number of benzene rings is 1. The number of nitrogens with zero attached hydrogens (tertiary/aromatic N) is 5. The van der Waals surface area contributed by atoms with Gasteiger partial charge in [0.25, 0.3) is 0 Å². The lowest BCUT2D eigenvalue weighted by molar-refractivity contribution is -0.157. The molecule has 1 aromatic carbocycles. The summed E-state index contributed by atoms with van der Waals surface area (Å²) in [7, 11) is 1.75. The number of aldehydes is 1. The number of hydrogen-bond donors (Lipinski definition) is 2. The van der Waals surface area contributed by atoms with Crippen LogP contribution in [0.25, 0.3) is 21.3 Å². The van der Waals surface area contributed by atoms with Crippen LogP contribution in [-0.2, 0) is 9.53 Å². The fourth-order valence-electron chi connectivity index (χ4n) is 4.80. The summed E-state index contributed by atoms with van der Waals surface area (Å²) in [5.41, 5.74) is 2.17. The van der Waals surface area contributed by atoms with Crippen LogP contribution in [0, 0.1) is 5.41 Å². The van der Waals surface area contributed by atoms with Crippen LogP contribution in [0.2, 0.25) is 0 Å². The second kappa shape index (κ2) is 12.5. The van der Waals surface area contributed by atoms with Crippen molar-refractivity contribution in [2.75, 3.05) is 49.8 Å². The van der Waals surface area contributed by atoms with Gasteiger partial charge in [0.05, 0.1) is 28.9 Å². The summed E-state index contributed by atoms with van der Waals surface area (Å²) < 4.78 is 6.05. The standard InChI is InChI=1S/C27H35N7O4S/c1-5-27(23(36)38-7-3)8-10-33(11-9-27)24-30-14-20(15-31-24)18-12-19(16-35)22-21(13-18)32-26(39-22)34(17-28-4)25(37)29-6-2/h12-16,28H,5-11,17H2,1-4H3,(H,29,37). The number of rotatable bonds is 10. The molecular formula is C27H35N7O4S. The quantitative estimate of drug-likeness (QED) is 0.218. The first-order chi connectivity index (χ1) is 18.9. The van der Waals surface area contributed by atoms with Gasteiger partial charge in [-0.2, -0.15) is 0 Å². The van der Waals surface area contributed by atoms with Crippen LogP contribution < -0.4 is 20.4 Å². The molecule has 3 aromatic rings. The number of fused-ring (bicyclic) bond motifs is 1. The van der Waals surface area contributed by atoms with E-state index in [0.717, 1.165) is 23.8 Å². The number of ether oxygens (including phenoxy) is 1. The summed E-state index contributed by atoms with van der Waals surface area (Å²) in [5, 5.41) is 6.27. The molecule has 12 heteroatoms. The van der Waals surface area contributed by atoms with E-state index in [-0.39, 0.29) is 18.7 Å². The summed E-state index contributed by atoms with van der Waals surface area (Å²) in [6, 6.07) is 3.41. The minimum Gasteiger partial charge on any atom is -0.466 e. The van der Waals surface area contributed by atoms with E-state index in [2.05, 4.69) is 30.5 Å². The molecule has 3 heterocycles. The molecule has 0 aliphatic carbocycles. The molecule has 0 radical (unpaired) electrons. The Labute approximate surface area is 232 Å². The third-order valence-electron chi connectivity index (χ3n) is 7.11. The molecule has 2 N–H and O–H groups in total. The average molecular weight is 554 g/mol. The highest BCUT2D eigenvalue weighted by atomic mass is 32.1. The Bertz CT molecular complexity index is 1320. The van der Waals surface area contributed by atoms with Crippen molar-refractivity contribution >= 4 is 50.9 Å². The first kappa shape index (κ1) is 28.4. The molecule has 0 spiro atoms. The lowest BCUT2D eigenvalue weighted by Gasteiger charge is -2.39. The number of amides is 2. The van der Waals surface area contributed by atoms with Crippen molar-refractivity contribution < 1.29 is 19.1 Å². The second-order valence-corrected chi connectivity index (χ2v) is 10.4. The number of piperidine rings is 1. The Hall–Kier alpha value is -3.64. The van der Waals surface area contributed by atoms with Crippen LogP contribution in [0.5, 0.6) is 0 Å².